The Hall–Kier alpha value is -1.63. The Labute approximate surface area is 112 Å². The Morgan fingerprint density at radius 2 is 2.11 bits per heavy atom. The summed E-state index contributed by atoms with van der Waals surface area (Å²) in [6, 6.07) is 9.58. The van der Waals surface area contributed by atoms with Gasteiger partial charge in [0.25, 0.3) is 0 Å². The van der Waals surface area contributed by atoms with E-state index in [1.807, 2.05) is 0 Å². The van der Waals surface area contributed by atoms with Crippen molar-refractivity contribution in [1.29, 1.82) is 0 Å². The second-order valence-corrected chi connectivity index (χ2v) is 5.92. The summed E-state index contributed by atoms with van der Waals surface area (Å²) < 4.78 is 32.2. The zero-order valence-corrected chi connectivity index (χ0v) is 11.4. The van der Waals surface area contributed by atoms with Gasteiger partial charge in [-0.15, -0.1) is 0 Å². The summed E-state index contributed by atoms with van der Waals surface area (Å²) in [6.45, 7) is 2.03. The van der Waals surface area contributed by atoms with Crippen LogP contribution in [-0.4, -0.2) is 8.42 Å². The van der Waals surface area contributed by atoms with Crippen molar-refractivity contribution in [1.82, 2.24) is 4.72 Å². The quantitative estimate of drug-likeness (QED) is 0.874. The lowest BCUT2D eigenvalue weighted by Crippen LogP contribution is -2.26. The normalized spacial score (nSPS) is 13.4. The highest BCUT2D eigenvalue weighted by atomic mass is 32.2. The van der Waals surface area contributed by atoms with E-state index >= 15 is 0 Å². The van der Waals surface area contributed by atoms with Crippen LogP contribution in [-0.2, 0) is 16.6 Å². The molecule has 6 heteroatoms. The van der Waals surface area contributed by atoms with Crippen LogP contribution in [0.15, 0.2) is 52.0 Å². The van der Waals surface area contributed by atoms with Crippen molar-refractivity contribution >= 4 is 10.0 Å². The van der Waals surface area contributed by atoms with Crippen LogP contribution in [0.2, 0.25) is 0 Å². The van der Waals surface area contributed by atoms with Crippen molar-refractivity contribution in [3.63, 3.8) is 0 Å². The van der Waals surface area contributed by atoms with Gasteiger partial charge < -0.3 is 10.2 Å². The van der Waals surface area contributed by atoms with Gasteiger partial charge in [0.2, 0.25) is 10.0 Å². The molecule has 0 aliphatic heterocycles. The average Bonchev–Trinajstić information content (AvgIpc) is 2.92. The molecule has 0 saturated carbocycles. The van der Waals surface area contributed by atoms with Crippen LogP contribution in [0.4, 0.5) is 0 Å². The van der Waals surface area contributed by atoms with Crippen LogP contribution in [0, 0.1) is 0 Å². The summed E-state index contributed by atoms with van der Waals surface area (Å²) in [7, 11) is -3.58. The maximum atomic E-state index is 12.2. The standard InChI is InChI=1S/C13H16N2O3S/c1-10(13-6-3-7-18-13)15-19(16,17)12-5-2-4-11(8-12)9-14/h2-8,10,15H,9,14H2,1H3. The molecule has 0 saturated heterocycles. The van der Waals surface area contributed by atoms with E-state index in [0.29, 0.717) is 12.3 Å². The molecule has 1 heterocycles. The smallest absolute Gasteiger partial charge is 0.241 e. The summed E-state index contributed by atoms with van der Waals surface area (Å²) in [6.07, 6.45) is 1.51. The summed E-state index contributed by atoms with van der Waals surface area (Å²) in [5.74, 6) is 0.568. The zero-order valence-electron chi connectivity index (χ0n) is 10.5. The SMILES string of the molecule is CC(NS(=O)(=O)c1cccc(CN)c1)c1ccco1. The van der Waals surface area contributed by atoms with E-state index in [-0.39, 0.29) is 4.90 Å². The summed E-state index contributed by atoms with van der Waals surface area (Å²) >= 11 is 0. The monoisotopic (exact) mass is 280 g/mol. The molecule has 1 unspecified atom stereocenters. The molecule has 0 fully saturated rings. The minimum absolute atomic E-state index is 0.203. The molecule has 0 radical (unpaired) electrons. The molecule has 2 aromatic rings. The predicted octanol–water partition coefficient (Wildman–Crippen LogP) is 1.78. The van der Waals surface area contributed by atoms with Crippen LogP contribution in [0.1, 0.15) is 24.3 Å². The highest BCUT2D eigenvalue weighted by molar-refractivity contribution is 7.89. The molecule has 0 bridgehead atoms. The number of nitrogens with two attached hydrogens (primary N) is 1. The summed E-state index contributed by atoms with van der Waals surface area (Å²) in [4.78, 5) is 0.203. The molecule has 3 N–H and O–H groups in total. The predicted molar refractivity (Wildman–Crippen MR) is 71.8 cm³/mol. The lowest BCUT2D eigenvalue weighted by molar-refractivity contribution is 0.459. The van der Waals surface area contributed by atoms with Crippen molar-refractivity contribution < 1.29 is 12.8 Å². The number of hydrogen-bond donors (Lipinski definition) is 2. The largest absolute Gasteiger partial charge is 0.468 e. The molecule has 0 spiro atoms. The molecule has 0 amide bonds. The van der Waals surface area contributed by atoms with E-state index in [0.717, 1.165) is 5.56 Å². The fourth-order valence-electron chi connectivity index (χ4n) is 1.74. The molecular formula is C13H16N2O3S. The third kappa shape index (κ3) is 3.23. The van der Waals surface area contributed by atoms with Gasteiger partial charge in [-0.3, -0.25) is 0 Å². The lowest BCUT2D eigenvalue weighted by Gasteiger charge is -2.12. The van der Waals surface area contributed by atoms with Crippen LogP contribution >= 0.6 is 0 Å². The van der Waals surface area contributed by atoms with Crippen LogP contribution in [0.5, 0.6) is 0 Å². The van der Waals surface area contributed by atoms with E-state index in [2.05, 4.69) is 4.72 Å². The van der Waals surface area contributed by atoms with Gasteiger partial charge in [-0.05, 0) is 36.8 Å². The minimum atomic E-state index is -3.58. The second kappa shape index (κ2) is 5.56. The Bertz CT molecular complexity index is 636. The number of furan rings is 1. The fraction of sp³-hybridized carbons (Fsp3) is 0.231. The topological polar surface area (TPSA) is 85.3 Å². The zero-order chi connectivity index (χ0) is 13.9. The van der Waals surface area contributed by atoms with E-state index in [1.54, 1.807) is 37.3 Å². The van der Waals surface area contributed by atoms with E-state index in [4.69, 9.17) is 10.2 Å². The maximum Gasteiger partial charge on any atom is 0.241 e. The van der Waals surface area contributed by atoms with Crippen molar-refractivity contribution in [3.8, 4) is 0 Å². The molecule has 19 heavy (non-hydrogen) atoms. The first-order valence-electron chi connectivity index (χ1n) is 5.87. The first kappa shape index (κ1) is 13.8. The number of nitrogens with one attached hydrogen (secondary N) is 1. The van der Waals surface area contributed by atoms with Crippen molar-refractivity contribution in [2.45, 2.75) is 24.4 Å². The number of rotatable bonds is 5. The number of hydrogen-bond acceptors (Lipinski definition) is 4. The molecule has 102 valence electrons. The Morgan fingerprint density at radius 3 is 2.74 bits per heavy atom. The number of sulfonamides is 1. The van der Waals surface area contributed by atoms with Gasteiger partial charge in [0.15, 0.2) is 0 Å². The van der Waals surface area contributed by atoms with Crippen LogP contribution in [0.3, 0.4) is 0 Å². The van der Waals surface area contributed by atoms with Crippen molar-refractivity contribution in [3.05, 3.63) is 54.0 Å². The van der Waals surface area contributed by atoms with E-state index in [1.165, 1.54) is 12.3 Å². The summed E-state index contributed by atoms with van der Waals surface area (Å²) in [5.41, 5.74) is 6.28. The second-order valence-electron chi connectivity index (χ2n) is 4.21. The molecule has 0 aliphatic rings. The minimum Gasteiger partial charge on any atom is -0.468 e. The lowest BCUT2D eigenvalue weighted by atomic mass is 10.2. The van der Waals surface area contributed by atoms with E-state index in [9.17, 15) is 8.42 Å². The van der Waals surface area contributed by atoms with Gasteiger partial charge in [-0.2, -0.15) is 0 Å². The van der Waals surface area contributed by atoms with Crippen molar-refractivity contribution in [2.75, 3.05) is 0 Å². The first-order chi connectivity index (χ1) is 9.03. The van der Waals surface area contributed by atoms with Gasteiger partial charge in [0.05, 0.1) is 17.2 Å². The third-order valence-electron chi connectivity index (χ3n) is 2.75. The Kier molecular flexibility index (Phi) is 4.04. The highest BCUT2D eigenvalue weighted by Crippen LogP contribution is 2.17. The molecule has 5 nitrogen and oxygen atoms in total. The summed E-state index contributed by atoms with van der Waals surface area (Å²) in [5, 5.41) is 0. The average molecular weight is 280 g/mol. The van der Waals surface area contributed by atoms with Gasteiger partial charge in [-0.1, -0.05) is 12.1 Å². The molecule has 1 aromatic carbocycles. The molecule has 1 atom stereocenters. The molecule has 2 rings (SSSR count). The van der Waals surface area contributed by atoms with Gasteiger partial charge in [-0.25, -0.2) is 13.1 Å². The maximum absolute atomic E-state index is 12.2. The van der Waals surface area contributed by atoms with Gasteiger partial charge in [0, 0.05) is 6.54 Å². The van der Waals surface area contributed by atoms with Crippen molar-refractivity contribution in [2.24, 2.45) is 5.73 Å². The third-order valence-corrected chi connectivity index (χ3v) is 4.28. The van der Waals surface area contributed by atoms with Crippen LogP contribution < -0.4 is 10.5 Å². The molecular weight excluding hydrogens is 264 g/mol. The Morgan fingerprint density at radius 1 is 1.32 bits per heavy atom. The van der Waals surface area contributed by atoms with Gasteiger partial charge >= 0.3 is 0 Å². The van der Waals surface area contributed by atoms with Gasteiger partial charge in [0.1, 0.15) is 5.76 Å². The molecule has 1 aromatic heterocycles. The Balaban J connectivity index is 2.22. The van der Waals surface area contributed by atoms with Crippen LogP contribution in [0.25, 0.3) is 0 Å². The first-order valence-corrected chi connectivity index (χ1v) is 7.36. The highest BCUT2D eigenvalue weighted by Gasteiger charge is 2.19. The number of benzene rings is 1. The fourth-order valence-corrected chi connectivity index (χ4v) is 3.02. The van der Waals surface area contributed by atoms with E-state index < -0.39 is 16.1 Å². The molecule has 0 aliphatic carbocycles.